The molecule has 2 aromatic carbocycles. The smallest absolute Gasteiger partial charge is 0.322 e. The van der Waals surface area contributed by atoms with Crippen molar-refractivity contribution in [3.8, 4) is 0 Å². The third-order valence-corrected chi connectivity index (χ3v) is 5.05. The highest BCUT2D eigenvalue weighted by Crippen LogP contribution is 2.17. The van der Waals surface area contributed by atoms with E-state index in [4.69, 9.17) is 16.3 Å². The fraction of sp³-hybridized carbons (Fsp3) is 0.391. The minimum atomic E-state index is -0.240. The van der Waals surface area contributed by atoms with Crippen molar-refractivity contribution < 1.29 is 14.3 Å². The Morgan fingerprint density at radius 2 is 1.97 bits per heavy atom. The van der Waals surface area contributed by atoms with Crippen molar-refractivity contribution in [1.29, 1.82) is 0 Å². The number of carbonyl (C=O) groups is 2. The molecule has 0 aromatic heterocycles. The zero-order valence-corrected chi connectivity index (χ0v) is 18.1. The third kappa shape index (κ3) is 6.21. The summed E-state index contributed by atoms with van der Waals surface area (Å²) in [6.45, 7) is 6.58. The molecule has 0 spiro atoms. The highest BCUT2D eigenvalue weighted by atomic mass is 35.5. The number of benzene rings is 2. The van der Waals surface area contributed by atoms with Gasteiger partial charge < -0.3 is 19.9 Å². The van der Waals surface area contributed by atoms with Crippen LogP contribution in [0.1, 0.15) is 24.2 Å². The third-order valence-electron chi connectivity index (χ3n) is 4.82. The van der Waals surface area contributed by atoms with Gasteiger partial charge in [0.2, 0.25) is 0 Å². The lowest BCUT2D eigenvalue weighted by atomic mass is 10.1. The summed E-state index contributed by atoms with van der Waals surface area (Å²) in [5.74, 6) is 0.303. The molecule has 1 atom stereocenters. The van der Waals surface area contributed by atoms with Crippen molar-refractivity contribution in [2.75, 3.05) is 38.1 Å². The first kappa shape index (κ1) is 22.1. The van der Waals surface area contributed by atoms with E-state index in [1.165, 1.54) is 0 Å². The molecule has 2 aromatic rings. The molecule has 0 bridgehead atoms. The van der Waals surface area contributed by atoms with Crippen LogP contribution in [0.2, 0.25) is 5.02 Å². The maximum Gasteiger partial charge on any atom is 0.322 e. The molecule has 30 heavy (non-hydrogen) atoms. The number of nitrogens with one attached hydrogen (secondary N) is 1. The van der Waals surface area contributed by atoms with Gasteiger partial charge in [-0.1, -0.05) is 49.7 Å². The maximum atomic E-state index is 13.0. The van der Waals surface area contributed by atoms with E-state index in [-0.39, 0.29) is 18.0 Å². The molecule has 1 fully saturated rings. The quantitative estimate of drug-likeness (QED) is 0.741. The standard InChI is InChI=1S/C23H28ClN3O3/c1-17(2)14-27(22(28)18-7-4-3-5-8-18)16-21-15-26(11-12-30-21)23(29)25-20-10-6-9-19(24)13-20/h3-10,13,17,21H,11-12,14-16H2,1-2H3,(H,25,29). The molecular weight excluding hydrogens is 402 g/mol. The Morgan fingerprint density at radius 3 is 2.67 bits per heavy atom. The van der Waals surface area contributed by atoms with Gasteiger partial charge in [-0.15, -0.1) is 0 Å². The number of ether oxygens (including phenoxy) is 1. The summed E-state index contributed by atoms with van der Waals surface area (Å²) in [6, 6.07) is 16.1. The Kier molecular flexibility index (Phi) is 7.71. The Bertz CT molecular complexity index is 860. The number of halogens is 1. The van der Waals surface area contributed by atoms with E-state index in [9.17, 15) is 9.59 Å². The monoisotopic (exact) mass is 429 g/mol. The van der Waals surface area contributed by atoms with E-state index >= 15 is 0 Å². The van der Waals surface area contributed by atoms with Crippen LogP contribution in [0.25, 0.3) is 0 Å². The highest BCUT2D eigenvalue weighted by molar-refractivity contribution is 6.30. The summed E-state index contributed by atoms with van der Waals surface area (Å²) >= 11 is 5.99. The molecule has 1 heterocycles. The predicted octanol–water partition coefficient (Wildman–Crippen LogP) is 4.37. The van der Waals surface area contributed by atoms with Crippen LogP contribution in [0.3, 0.4) is 0 Å². The second-order valence-electron chi connectivity index (χ2n) is 7.85. The van der Waals surface area contributed by atoms with Gasteiger partial charge in [-0.25, -0.2) is 4.79 Å². The van der Waals surface area contributed by atoms with E-state index < -0.39 is 0 Å². The number of amides is 3. The summed E-state index contributed by atoms with van der Waals surface area (Å²) in [7, 11) is 0. The molecule has 0 saturated carbocycles. The summed E-state index contributed by atoms with van der Waals surface area (Å²) in [5.41, 5.74) is 1.31. The van der Waals surface area contributed by atoms with Crippen molar-refractivity contribution in [2.24, 2.45) is 5.92 Å². The molecule has 1 saturated heterocycles. The summed E-state index contributed by atoms with van der Waals surface area (Å²) in [4.78, 5) is 29.2. The van der Waals surface area contributed by atoms with E-state index in [1.54, 1.807) is 29.2 Å². The summed E-state index contributed by atoms with van der Waals surface area (Å²) in [6.07, 6.45) is -0.240. The van der Waals surface area contributed by atoms with Crippen LogP contribution < -0.4 is 5.32 Å². The molecule has 1 aliphatic heterocycles. The van der Waals surface area contributed by atoms with Crippen molar-refractivity contribution in [3.05, 3.63) is 65.2 Å². The fourth-order valence-corrected chi connectivity index (χ4v) is 3.66. The van der Waals surface area contributed by atoms with Crippen LogP contribution in [0.4, 0.5) is 10.5 Å². The van der Waals surface area contributed by atoms with E-state index in [1.807, 2.05) is 35.2 Å². The van der Waals surface area contributed by atoms with Gasteiger partial charge in [-0.3, -0.25) is 4.79 Å². The van der Waals surface area contributed by atoms with Gasteiger partial charge in [0.05, 0.1) is 19.3 Å². The van der Waals surface area contributed by atoms with Gasteiger partial charge in [-0.05, 0) is 36.2 Å². The molecule has 0 radical (unpaired) electrons. The minimum Gasteiger partial charge on any atom is -0.373 e. The molecule has 0 aliphatic carbocycles. The molecule has 3 amide bonds. The van der Waals surface area contributed by atoms with E-state index in [0.717, 1.165) is 0 Å². The molecule has 7 heteroatoms. The Labute approximate surface area is 182 Å². The minimum absolute atomic E-state index is 0.0200. The largest absolute Gasteiger partial charge is 0.373 e. The Morgan fingerprint density at radius 1 is 1.20 bits per heavy atom. The molecule has 1 aliphatic rings. The van der Waals surface area contributed by atoms with E-state index in [0.29, 0.717) is 55.0 Å². The average molecular weight is 430 g/mol. The first-order valence-electron chi connectivity index (χ1n) is 10.2. The van der Waals surface area contributed by atoms with Gasteiger partial charge in [0.1, 0.15) is 0 Å². The maximum absolute atomic E-state index is 13.0. The van der Waals surface area contributed by atoms with Gasteiger partial charge in [0.15, 0.2) is 0 Å². The van der Waals surface area contributed by atoms with Crippen LogP contribution in [0.15, 0.2) is 54.6 Å². The van der Waals surface area contributed by atoms with Gasteiger partial charge in [0.25, 0.3) is 5.91 Å². The lowest BCUT2D eigenvalue weighted by molar-refractivity contribution is -0.0272. The van der Waals surface area contributed by atoms with E-state index in [2.05, 4.69) is 19.2 Å². The SMILES string of the molecule is CC(C)CN(CC1CN(C(=O)Nc2cccc(Cl)c2)CCO1)C(=O)c1ccccc1. The molecule has 1 unspecified atom stereocenters. The number of hydrogen-bond acceptors (Lipinski definition) is 3. The summed E-state index contributed by atoms with van der Waals surface area (Å²) < 4.78 is 5.89. The lowest BCUT2D eigenvalue weighted by Crippen LogP contribution is -2.52. The zero-order chi connectivity index (χ0) is 21.5. The number of anilines is 1. The lowest BCUT2D eigenvalue weighted by Gasteiger charge is -2.36. The number of nitrogens with zero attached hydrogens (tertiary/aromatic N) is 2. The van der Waals surface area contributed by atoms with Crippen molar-refractivity contribution in [2.45, 2.75) is 20.0 Å². The first-order valence-corrected chi connectivity index (χ1v) is 10.6. The number of hydrogen-bond donors (Lipinski definition) is 1. The second-order valence-corrected chi connectivity index (χ2v) is 8.29. The van der Waals surface area contributed by atoms with Gasteiger partial charge in [-0.2, -0.15) is 0 Å². The van der Waals surface area contributed by atoms with Crippen molar-refractivity contribution in [1.82, 2.24) is 9.80 Å². The predicted molar refractivity (Wildman–Crippen MR) is 119 cm³/mol. The molecule has 160 valence electrons. The highest BCUT2D eigenvalue weighted by Gasteiger charge is 2.28. The van der Waals surface area contributed by atoms with Crippen LogP contribution in [0.5, 0.6) is 0 Å². The molecule has 1 N–H and O–H groups in total. The van der Waals surface area contributed by atoms with Crippen LogP contribution in [-0.2, 0) is 4.74 Å². The van der Waals surface area contributed by atoms with Crippen LogP contribution in [0, 0.1) is 5.92 Å². The molecular formula is C23H28ClN3O3. The van der Waals surface area contributed by atoms with Crippen LogP contribution >= 0.6 is 11.6 Å². The number of urea groups is 1. The van der Waals surface area contributed by atoms with Gasteiger partial charge >= 0.3 is 6.03 Å². The normalized spacial score (nSPS) is 16.4. The first-order chi connectivity index (χ1) is 14.4. The number of rotatable bonds is 6. The fourth-order valence-electron chi connectivity index (χ4n) is 3.47. The van der Waals surface area contributed by atoms with Gasteiger partial charge in [0, 0.05) is 35.9 Å². The zero-order valence-electron chi connectivity index (χ0n) is 17.4. The summed E-state index contributed by atoms with van der Waals surface area (Å²) in [5, 5.41) is 3.44. The van der Waals surface area contributed by atoms with Crippen LogP contribution in [-0.4, -0.2) is 60.6 Å². The molecule has 3 rings (SSSR count). The Hall–Kier alpha value is -2.57. The van der Waals surface area contributed by atoms with Crippen molar-refractivity contribution in [3.63, 3.8) is 0 Å². The average Bonchev–Trinajstić information content (AvgIpc) is 2.73. The topological polar surface area (TPSA) is 61.9 Å². The number of morpholine rings is 1. The molecule has 6 nitrogen and oxygen atoms in total. The number of carbonyl (C=O) groups excluding carboxylic acids is 2. The second kappa shape index (κ2) is 10.5. The van der Waals surface area contributed by atoms with Crippen molar-refractivity contribution >= 4 is 29.2 Å². The Balaban J connectivity index is 1.63.